The molecule has 0 aliphatic rings. The van der Waals surface area contributed by atoms with Crippen LogP contribution in [0, 0.1) is 11.5 Å². The number of halogens is 1. The van der Waals surface area contributed by atoms with Gasteiger partial charge in [-0.1, -0.05) is 17.7 Å². The zero-order chi connectivity index (χ0) is 10.6. The Balaban J connectivity index is 2.97. The van der Waals surface area contributed by atoms with Gasteiger partial charge >= 0.3 is 0 Å². The largest absolute Gasteiger partial charge is 0.251 e. The highest BCUT2D eigenvalue weighted by molar-refractivity contribution is 7.75. The summed E-state index contributed by atoms with van der Waals surface area (Å²) in [4.78, 5) is 3.86. The summed E-state index contributed by atoms with van der Waals surface area (Å²) in [6.45, 7) is 1.73. The summed E-state index contributed by atoms with van der Waals surface area (Å²) in [5, 5.41) is 8.31. The van der Waals surface area contributed by atoms with E-state index in [1.165, 1.54) is 12.4 Å². The zero-order valence-corrected chi connectivity index (χ0v) is 9.03. The minimum absolute atomic E-state index is 0.311. The molecule has 1 aromatic heterocycles. The molecule has 74 valence electrons. The van der Waals surface area contributed by atoms with Crippen LogP contribution in [0.1, 0.15) is 17.7 Å². The van der Waals surface area contributed by atoms with Gasteiger partial charge in [-0.05, 0) is 18.6 Å². The second kappa shape index (κ2) is 4.94. The predicted octanol–water partition coefficient (Wildman–Crippen LogP) is 1.94. The zero-order valence-electron chi connectivity index (χ0n) is 7.38. The van der Waals surface area contributed by atoms with Crippen LogP contribution in [0.25, 0.3) is 0 Å². The highest BCUT2D eigenvalue weighted by atomic mass is 35.5. The first-order valence-electron chi connectivity index (χ1n) is 3.82. The van der Waals surface area contributed by atoms with Gasteiger partial charge in [0, 0.05) is 6.20 Å². The van der Waals surface area contributed by atoms with Crippen molar-refractivity contribution in [3.63, 3.8) is 0 Å². The Morgan fingerprint density at radius 1 is 1.71 bits per heavy atom. The predicted molar refractivity (Wildman–Crippen MR) is 55.2 cm³/mol. The van der Waals surface area contributed by atoms with Crippen molar-refractivity contribution in [1.82, 2.24) is 4.98 Å². The highest BCUT2D eigenvalue weighted by Crippen LogP contribution is 2.17. The lowest BCUT2D eigenvalue weighted by atomic mass is 10.2. The van der Waals surface area contributed by atoms with Crippen LogP contribution in [-0.2, 0) is 10.6 Å². The van der Waals surface area contributed by atoms with Crippen LogP contribution < -0.4 is 0 Å². The summed E-state index contributed by atoms with van der Waals surface area (Å²) in [7, 11) is -1.90. The molecule has 0 amide bonds. The molecule has 0 bridgehead atoms. The van der Waals surface area contributed by atoms with Crippen LogP contribution >= 0.6 is 11.6 Å². The fourth-order valence-electron chi connectivity index (χ4n) is 0.893. The lowest BCUT2D eigenvalue weighted by molar-refractivity contribution is 0.682. The van der Waals surface area contributed by atoms with Gasteiger partial charge in [0.15, 0.2) is 0 Å². The molecule has 1 rings (SSSR count). The molecule has 0 fully saturated rings. The van der Waals surface area contributed by atoms with Crippen molar-refractivity contribution in [2.45, 2.75) is 12.2 Å². The fourth-order valence-corrected chi connectivity index (χ4v) is 1.67. The Hall–Kier alpha value is -1.12. The summed E-state index contributed by atoms with van der Waals surface area (Å²) in [6.07, 6.45) is 3.06. The van der Waals surface area contributed by atoms with Crippen molar-refractivity contribution in [3.05, 3.63) is 29.0 Å². The van der Waals surface area contributed by atoms with Crippen molar-refractivity contribution in [2.24, 2.45) is 4.36 Å². The molecule has 2 atom stereocenters. The average Bonchev–Trinajstić information content (AvgIpc) is 2.18. The number of aromatic nitrogens is 1. The van der Waals surface area contributed by atoms with E-state index in [1.54, 1.807) is 19.1 Å². The molecule has 0 radical (unpaired) electrons. The van der Waals surface area contributed by atoms with Gasteiger partial charge in [-0.15, -0.1) is 4.36 Å². The molecule has 0 aliphatic heterocycles. The molecule has 0 aromatic carbocycles. The molecule has 14 heavy (non-hydrogen) atoms. The van der Waals surface area contributed by atoms with E-state index < -0.39 is 10.6 Å². The number of hydrogen-bond acceptors (Lipinski definition) is 4. The van der Waals surface area contributed by atoms with Gasteiger partial charge < -0.3 is 0 Å². The maximum absolute atomic E-state index is 11.3. The third-order valence-electron chi connectivity index (χ3n) is 1.71. The molecule has 1 aromatic rings. The number of nitrogens with zero attached hydrogens (tertiary/aromatic N) is 3. The maximum atomic E-state index is 11.3. The summed E-state index contributed by atoms with van der Waals surface area (Å²) < 4.78 is 14.6. The summed E-state index contributed by atoms with van der Waals surface area (Å²) >= 11 is 5.60. The number of hydrogen-bond donors (Lipinski definition) is 1. The Kier molecular flexibility index (Phi) is 3.86. The molecule has 4 nitrogen and oxygen atoms in total. The van der Waals surface area contributed by atoms with E-state index in [9.17, 15) is 4.21 Å². The van der Waals surface area contributed by atoms with Gasteiger partial charge in [-0.3, -0.25) is 4.21 Å². The Morgan fingerprint density at radius 3 is 2.93 bits per heavy atom. The quantitative estimate of drug-likeness (QED) is 0.479. The normalized spacial score (nSPS) is 14.6. The minimum Gasteiger partial charge on any atom is -0.251 e. The van der Waals surface area contributed by atoms with E-state index in [0.29, 0.717) is 5.15 Å². The molecule has 6 heteroatoms. The number of rotatable bonds is 2. The Morgan fingerprint density at radius 2 is 2.43 bits per heavy atom. The third kappa shape index (κ3) is 2.69. The lowest BCUT2D eigenvalue weighted by Crippen LogP contribution is -1.95. The van der Waals surface area contributed by atoms with Crippen molar-refractivity contribution in [1.29, 1.82) is 5.26 Å². The first kappa shape index (κ1) is 11.0. The molecule has 0 N–H and O–H groups in total. The van der Waals surface area contributed by atoms with Crippen LogP contribution in [0.4, 0.5) is 0 Å². The van der Waals surface area contributed by atoms with Crippen molar-refractivity contribution in [3.8, 4) is 6.19 Å². The maximum Gasteiger partial charge on any atom is 0.214 e. The van der Waals surface area contributed by atoms with E-state index >= 15 is 0 Å². The minimum atomic E-state index is -1.90. The second-order valence-corrected chi connectivity index (χ2v) is 4.56. The SMILES string of the molecule is CC(c1ccc(Cl)nc1)/[SH](=O)=N/C#N. The van der Waals surface area contributed by atoms with E-state index in [4.69, 9.17) is 16.9 Å². The van der Waals surface area contributed by atoms with E-state index in [0.717, 1.165) is 5.56 Å². The van der Waals surface area contributed by atoms with Crippen LogP contribution in [0.3, 0.4) is 0 Å². The standard InChI is InChI=1S/C8H8ClN3OS/c1-6(14(13)12-5-10)7-2-3-8(9)11-4-7/h2-4,6,14H,1H3. The van der Waals surface area contributed by atoms with Gasteiger partial charge in [-0.2, -0.15) is 5.26 Å². The van der Waals surface area contributed by atoms with E-state index in [2.05, 4.69) is 9.35 Å². The Bertz CT molecular complexity index is 431. The van der Waals surface area contributed by atoms with Crippen molar-refractivity contribution in [2.75, 3.05) is 0 Å². The van der Waals surface area contributed by atoms with Crippen LogP contribution in [-0.4, -0.2) is 9.19 Å². The smallest absolute Gasteiger partial charge is 0.214 e. The van der Waals surface area contributed by atoms with Gasteiger partial charge in [0.05, 0.1) is 15.8 Å². The van der Waals surface area contributed by atoms with Gasteiger partial charge in [0.1, 0.15) is 5.15 Å². The molecule has 0 saturated carbocycles. The first-order chi connectivity index (χ1) is 6.65. The van der Waals surface area contributed by atoms with E-state index in [1.807, 2.05) is 0 Å². The van der Waals surface area contributed by atoms with Gasteiger partial charge in [0.2, 0.25) is 6.19 Å². The molecule has 0 saturated heterocycles. The van der Waals surface area contributed by atoms with Crippen molar-refractivity contribution >= 4 is 22.2 Å². The second-order valence-electron chi connectivity index (χ2n) is 2.59. The van der Waals surface area contributed by atoms with Crippen LogP contribution in [0.15, 0.2) is 22.7 Å². The summed E-state index contributed by atoms with van der Waals surface area (Å²) in [5.74, 6) is 0. The topological polar surface area (TPSA) is 66.1 Å². The molecule has 0 aliphatic carbocycles. The summed E-state index contributed by atoms with van der Waals surface area (Å²) in [6, 6.07) is 3.34. The molecule has 0 spiro atoms. The lowest BCUT2D eigenvalue weighted by Gasteiger charge is -2.04. The van der Waals surface area contributed by atoms with Crippen LogP contribution in [0.2, 0.25) is 5.15 Å². The monoisotopic (exact) mass is 229 g/mol. The van der Waals surface area contributed by atoms with Crippen molar-refractivity contribution < 1.29 is 4.21 Å². The number of thiol groups is 1. The van der Waals surface area contributed by atoms with Gasteiger partial charge in [-0.25, -0.2) is 4.98 Å². The molecule has 1 heterocycles. The van der Waals surface area contributed by atoms with Crippen LogP contribution in [0.5, 0.6) is 0 Å². The number of pyridine rings is 1. The van der Waals surface area contributed by atoms with Gasteiger partial charge in [0.25, 0.3) is 0 Å². The summed E-state index contributed by atoms with van der Waals surface area (Å²) in [5.41, 5.74) is 0.759. The third-order valence-corrected chi connectivity index (χ3v) is 3.18. The molecular weight excluding hydrogens is 222 g/mol. The molecular formula is C8H8ClN3OS. The number of nitriles is 1. The molecule has 2 unspecified atom stereocenters. The first-order valence-corrected chi connectivity index (χ1v) is 5.48. The fraction of sp³-hybridized carbons (Fsp3) is 0.250. The Labute approximate surface area is 88.8 Å². The average molecular weight is 230 g/mol. The van der Waals surface area contributed by atoms with E-state index in [-0.39, 0.29) is 5.25 Å². The highest BCUT2D eigenvalue weighted by Gasteiger charge is 2.06.